The van der Waals surface area contributed by atoms with Crippen molar-refractivity contribution in [1.29, 1.82) is 0 Å². The highest BCUT2D eigenvalue weighted by molar-refractivity contribution is 7.59. The highest BCUT2D eigenvalue weighted by atomic mass is 31.1. The molecule has 0 aliphatic heterocycles. The van der Waals surface area contributed by atoms with Gasteiger partial charge in [0, 0.05) is 5.54 Å². The van der Waals surface area contributed by atoms with Gasteiger partial charge >= 0.3 is 0 Å². The molecular formula is C32H57NP2. The van der Waals surface area contributed by atoms with E-state index in [4.69, 9.17) is 5.73 Å². The lowest BCUT2D eigenvalue weighted by molar-refractivity contribution is 0.485. The van der Waals surface area contributed by atoms with Crippen LogP contribution in [0.4, 0.5) is 0 Å². The van der Waals surface area contributed by atoms with Crippen LogP contribution in [0.5, 0.6) is 0 Å². The normalized spacial score (nSPS) is 26.9. The van der Waals surface area contributed by atoms with Crippen molar-refractivity contribution < 1.29 is 0 Å². The molecule has 0 atom stereocenters. The minimum absolute atomic E-state index is 0.146. The van der Waals surface area contributed by atoms with Crippen molar-refractivity contribution in [3.05, 3.63) is 24.3 Å². The third-order valence-electron chi connectivity index (χ3n) is 9.76. The van der Waals surface area contributed by atoms with Crippen LogP contribution in [0, 0.1) is 0 Å². The van der Waals surface area contributed by atoms with Gasteiger partial charge in [-0.05, 0) is 93.3 Å². The molecule has 4 saturated carbocycles. The first-order valence-electron chi connectivity index (χ1n) is 15.8. The number of hydrogen-bond acceptors (Lipinski definition) is 1. The van der Waals surface area contributed by atoms with Gasteiger partial charge in [-0.3, -0.25) is 0 Å². The minimum Gasteiger partial charge on any atom is -0.319 e. The van der Waals surface area contributed by atoms with E-state index in [1.165, 1.54) is 141 Å². The summed E-state index contributed by atoms with van der Waals surface area (Å²) in [6, 6.07) is 0. The van der Waals surface area contributed by atoms with Gasteiger partial charge in [-0.1, -0.05) is 117 Å². The van der Waals surface area contributed by atoms with Crippen LogP contribution in [0.1, 0.15) is 135 Å². The summed E-state index contributed by atoms with van der Waals surface area (Å²) in [6.45, 7) is 2.24. The van der Waals surface area contributed by atoms with Crippen LogP contribution >= 0.6 is 15.8 Å². The molecule has 4 fully saturated rings. The lowest BCUT2D eigenvalue weighted by atomic mass is 9.99. The number of hydrogen-bond donors (Lipinski definition) is 1. The maximum Gasteiger partial charge on any atom is 0.0496 e. The molecule has 200 valence electrons. The minimum atomic E-state index is -0.278. The van der Waals surface area contributed by atoms with Crippen LogP contribution in [0.25, 0.3) is 0 Å². The fourth-order valence-electron chi connectivity index (χ4n) is 7.76. The van der Waals surface area contributed by atoms with Gasteiger partial charge in [0.2, 0.25) is 0 Å². The fraction of sp³-hybridized carbons (Fsp3) is 0.875. The molecule has 0 aromatic carbocycles. The van der Waals surface area contributed by atoms with Gasteiger partial charge in [-0.25, -0.2) is 0 Å². The van der Waals surface area contributed by atoms with Crippen molar-refractivity contribution in [2.24, 2.45) is 5.73 Å². The van der Waals surface area contributed by atoms with Gasteiger partial charge in [-0.15, -0.1) is 0 Å². The molecule has 0 saturated heterocycles. The largest absolute Gasteiger partial charge is 0.319 e. The third-order valence-corrected chi connectivity index (χ3v) is 16.8. The average molecular weight is 518 g/mol. The van der Waals surface area contributed by atoms with E-state index in [1.54, 1.807) is 0 Å². The highest BCUT2D eigenvalue weighted by Crippen LogP contribution is 2.56. The predicted molar refractivity (Wildman–Crippen MR) is 162 cm³/mol. The zero-order valence-corrected chi connectivity index (χ0v) is 24.9. The predicted octanol–water partition coefficient (Wildman–Crippen LogP) is 10.1. The molecule has 0 unspecified atom stereocenters. The molecule has 3 heteroatoms. The third kappa shape index (κ3) is 9.22. The van der Waals surface area contributed by atoms with E-state index in [0.29, 0.717) is 0 Å². The Morgan fingerprint density at radius 3 is 1.03 bits per heavy atom. The highest BCUT2D eigenvalue weighted by Gasteiger charge is 2.31. The lowest BCUT2D eigenvalue weighted by Crippen LogP contribution is -2.31. The van der Waals surface area contributed by atoms with Crippen LogP contribution in [0.15, 0.2) is 24.3 Å². The van der Waals surface area contributed by atoms with Crippen molar-refractivity contribution in [3.8, 4) is 0 Å². The first-order valence-corrected chi connectivity index (χ1v) is 19.1. The smallest absolute Gasteiger partial charge is 0.0496 e. The van der Waals surface area contributed by atoms with Crippen LogP contribution in [0.3, 0.4) is 0 Å². The molecule has 2 N–H and O–H groups in total. The molecule has 0 aromatic rings. The van der Waals surface area contributed by atoms with Crippen molar-refractivity contribution in [3.63, 3.8) is 0 Å². The van der Waals surface area contributed by atoms with Gasteiger partial charge in [0.15, 0.2) is 0 Å². The molecule has 4 aliphatic rings. The second-order valence-electron chi connectivity index (χ2n) is 12.7. The summed E-state index contributed by atoms with van der Waals surface area (Å²) in [5.74, 6) is 0. The van der Waals surface area contributed by atoms with Crippen molar-refractivity contribution in [1.82, 2.24) is 0 Å². The van der Waals surface area contributed by atoms with E-state index in [1.807, 2.05) is 0 Å². The molecule has 0 spiro atoms. The summed E-state index contributed by atoms with van der Waals surface area (Å²) in [4.78, 5) is 0. The molecule has 35 heavy (non-hydrogen) atoms. The summed E-state index contributed by atoms with van der Waals surface area (Å²) in [5.41, 5.74) is 10.7. The Bertz CT molecular complexity index is 542. The van der Waals surface area contributed by atoms with E-state index >= 15 is 0 Å². The van der Waals surface area contributed by atoms with E-state index in [9.17, 15) is 0 Å². The Hall–Kier alpha value is 0.300. The molecule has 4 rings (SSSR count). The van der Waals surface area contributed by atoms with Crippen LogP contribution in [0.2, 0.25) is 0 Å². The Morgan fingerprint density at radius 1 is 0.514 bits per heavy atom. The first-order chi connectivity index (χ1) is 17.1. The summed E-state index contributed by atoms with van der Waals surface area (Å²) in [6.07, 6.45) is 42.5. The monoisotopic (exact) mass is 517 g/mol. The Morgan fingerprint density at radius 2 is 0.771 bits per heavy atom. The van der Waals surface area contributed by atoms with E-state index in [-0.39, 0.29) is 21.4 Å². The molecule has 1 nitrogen and oxygen atoms in total. The SMILES string of the molecule is CC(N)(C=CCP(C1CCCCC1)C1CCCCC1)C=CCP(C1CCCCC1)C1CCCCC1. The van der Waals surface area contributed by atoms with Crippen molar-refractivity contribution >= 4 is 15.8 Å². The zero-order chi connectivity index (χ0) is 24.3. The molecule has 4 aliphatic carbocycles. The topological polar surface area (TPSA) is 26.0 Å². The molecular weight excluding hydrogens is 460 g/mol. The standard InChI is InChI=1S/C32H57NP2/c1-32(33,24-14-26-34(28-16-6-2-7-17-28)29-18-8-3-9-19-29)25-15-27-35(30-20-10-4-11-21-30)31-22-12-5-13-23-31/h14-15,24-25,28-31H,2-13,16-23,26-27,33H2,1H3. The Labute approximate surface area is 221 Å². The number of rotatable bonds is 10. The average Bonchev–Trinajstić information content (AvgIpc) is 2.91. The molecule has 0 heterocycles. The second-order valence-corrected chi connectivity index (χ2v) is 18.4. The zero-order valence-electron chi connectivity index (χ0n) is 23.1. The maximum atomic E-state index is 6.84. The lowest BCUT2D eigenvalue weighted by Gasteiger charge is -2.38. The maximum absolute atomic E-state index is 6.84. The summed E-state index contributed by atoms with van der Waals surface area (Å²) < 4.78 is 0. The first kappa shape index (κ1) is 28.3. The summed E-state index contributed by atoms with van der Waals surface area (Å²) in [5, 5.41) is 0. The molecule has 0 aromatic heterocycles. The fourth-order valence-corrected chi connectivity index (χ4v) is 15.0. The quantitative estimate of drug-likeness (QED) is 0.226. The number of allylic oxidation sites excluding steroid dienone is 2. The summed E-state index contributed by atoms with van der Waals surface area (Å²) >= 11 is 0. The van der Waals surface area contributed by atoms with Gasteiger partial charge in [-0.2, -0.15) is 0 Å². The Balaban J connectivity index is 1.33. The Kier molecular flexibility index (Phi) is 12.2. The number of nitrogens with two attached hydrogens (primary N) is 1. The van der Waals surface area contributed by atoms with Gasteiger partial charge in [0.25, 0.3) is 0 Å². The van der Waals surface area contributed by atoms with E-state index in [2.05, 4.69) is 31.2 Å². The van der Waals surface area contributed by atoms with Gasteiger partial charge in [0.1, 0.15) is 0 Å². The van der Waals surface area contributed by atoms with Crippen LogP contribution < -0.4 is 5.73 Å². The van der Waals surface area contributed by atoms with Gasteiger partial charge in [0.05, 0.1) is 0 Å². The van der Waals surface area contributed by atoms with Crippen LogP contribution in [-0.4, -0.2) is 40.5 Å². The summed E-state index contributed by atoms with van der Waals surface area (Å²) in [7, 11) is 0.292. The molecule has 0 radical (unpaired) electrons. The second kappa shape index (κ2) is 15.0. The van der Waals surface area contributed by atoms with E-state index < -0.39 is 0 Å². The van der Waals surface area contributed by atoms with Crippen LogP contribution in [-0.2, 0) is 0 Å². The van der Waals surface area contributed by atoms with Crippen molar-refractivity contribution in [2.75, 3.05) is 12.3 Å². The van der Waals surface area contributed by atoms with E-state index in [0.717, 1.165) is 22.6 Å². The molecule has 0 bridgehead atoms. The van der Waals surface area contributed by atoms with Crippen molar-refractivity contribution in [2.45, 2.75) is 164 Å². The van der Waals surface area contributed by atoms with Gasteiger partial charge < -0.3 is 5.73 Å². The molecule has 0 amide bonds.